The molecule has 0 amide bonds. The first-order valence-corrected chi connectivity index (χ1v) is 9.21. The van der Waals surface area contributed by atoms with Crippen molar-refractivity contribution in [2.24, 2.45) is 11.3 Å². The Morgan fingerprint density at radius 1 is 1.46 bits per heavy atom. The van der Waals surface area contributed by atoms with Gasteiger partial charge < -0.3 is 10.1 Å². The first kappa shape index (κ1) is 17.2. The molecule has 24 heavy (non-hydrogen) atoms. The standard InChI is InChI=1S/C19H29N3O2/c1-2-8-19(18(23)24)9-5-10-22(14-19)13-16-12-20-17(21-16)11-15-6-3-4-7-15/h2,12,15H,1,3-11,13-14H2,(H,20,21)(H,23,24)/t19-/m1/s1. The van der Waals surface area contributed by atoms with Gasteiger partial charge in [-0.1, -0.05) is 31.8 Å². The zero-order chi connectivity index (χ0) is 17.0. The minimum Gasteiger partial charge on any atom is -0.481 e. The average Bonchev–Trinajstić information content (AvgIpc) is 3.20. The second kappa shape index (κ2) is 7.51. The molecular weight excluding hydrogens is 302 g/mol. The van der Waals surface area contributed by atoms with Crippen molar-refractivity contribution in [1.82, 2.24) is 14.9 Å². The van der Waals surface area contributed by atoms with Crippen molar-refractivity contribution < 1.29 is 9.90 Å². The lowest BCUT2D eigenvalue weighted by Crippen LogP contribution is -2.47. The van der Waals surface area contributed by atoms with Gasteiger partial charge in [-0.25, -0.2) is 4.98 Å². The van der Waals surface area contributed by atoms with Crippen LogP contribution in [0.4, 0.5) is 0 Å². The van der Waals surface area contributed by atoms with Gasteiger partial charge in [0.15, 0.2) is 0 Å². The van der Waals surface area contributed by atoms with Crippen molar-refractivity contribution in [3.05, 3.63) is 30.4 Å². The number of aromatic amines is 1. The van der Waals surface area contributed by atoms with Crippen LogP contribution in [0.3, 0.4) is 0 Å². The Kier molecular flexibility index (Phi) is 5.39. The number of carboxylic acids is 1. The number of aliphatic carboxylic acids is 1. The van der Waals surface area contributed by atoms with E-state index in [2.05, 4.69) is 21.4 Å². The number of hydrogen-bond acceptors (Lipinski definition) is 3. The summed E-state index contributed by atoms with van der Waals surface area (Å²) in [6.07, 6.45) is 12.3. The van der Waals surface area contributed by atoms with E-state index in [-0.39, 0.29) is 0 Å². The van der Waals surface area contributed by atoms with E-state index in [1.807, 2.05) is 6.20 Å². The van der Waals surface area contributed by atoms with Crippen LogP contribution in [-0.4, -0.2) is 39.0 Å². The predicted octanol–water partition coefficient (Wildman–Crippen LogP) is 3.39. The van der Waals surface area contributed by atoms with Crippen LogP contribution in [-0.2, 0) is 17.8 Å². The van der Waals surface area contributed by atoms with Crippen LogP contribution >= 0.6 is 0 Å². The highest BCUT2D eigenvalue weighted by Gasteiger charge is 2.41. The fourth-order valence-corrected chi connectivity index (χ4v) is 4.39. The molecule has 2 N–H and O–H groups in total. The number of carboxylic acid groups (broad SMARTS) is 1. The Labute approximate surface area is 144 Å². The van der Waals surface area contributed by atoms with Gasteiger partial charge in [0.1, 0.15) is 5.82 Å². The van der Waals surface area contributed by atoms with E-state index < -0.39 is 11.4 Å². The minimum absolute atomic E-state index is 0.536. The molecule has 0 bridgehead atoms. The van der Waals surface area contributed by atoms with Gasteiger partial charge in [-0.3, -0.25) is 9.69 Å². The van der Waals surface area contributed by atoms with E-state index in [4.69, 9.17) is 0 Å². The van der Waals surface area contributed by atoms with Crippen LogP contribution in [0.1, 0.15) is 56.5 Å². The lowest BCUT2D eigenvalue weighted by atomic mass is 9.77. The van der Waals surface area contributed by atoms with Gasteiger partial charge in [0.05, 0.1) is 5.41 Å². The molecule has 2 fully saturated rings. The summed E-state index contributed by atoms with van der Waals surface area (Å²) < 4.78 is 0. The predicted molar refractivity (Wildman–Crippen MR) is 93.6 cm³/mol. The summed E-state index contributed by atoms with van der Waals surface area (Å²) in [6, 6.07) is 0. The van der Waals surface area contributed by atoms with Crippen LogP contribution in [0.15, 0.2) is 18.9 Å². The van der Waals surface area contributed by atoms with Gasteiger partial charge in [-0.05, 0) is 31.7 Å². The number of nitrogens with zero attached hydrogens (tertiary/aromatic N) is 2. The molecule has 1 aromatic rings. The molecule has 0 aromatic carbocycles. The maximum Gasteiger partial charge on any atom is 0.311 e. The zero-order valence-electron chi connectivity index (χ0n) is 14.5. The van der Waals surface area contributed by atoms with E-state index >= 15 is 0 Å². The molecular formula is C19H29N3O2. The third-order valence-corrected chi connectivity index (χ3v) is 5.68. The summed E-state index contributed by atoms with van der Waals surface area (Å²) in [5.41, 5.74) is 0.426. The number of rotatable bonds is 7. The largest absolute Gasteiger partial charge is 0.481 e. The van der Waals surface area contributed by atoms with E-state index in [0.29, 0.717) is 13.0 Å². The van der Waals surface area contributed by atoms with E-state index in [1.54, 1.807) is 6.08 Å². The summed E-state index contributed by atoms with van der Waals surface area (Å²) >= 11 is 0. The lowest BCUT2D eigenvalue weighted by Gasteiger charge is -2.39. The Morgan fingerprint density at radius 2 is 2.25 bits per heavy atom. The highest BCUT2D eigenvalue weighted by molar-refractivity contribution is 5.75. The van der Waals surface area contributed by atoms with Crippen molar-refractivity contribution in [2.75, 3.05) is 13.1 Å². The number of allylic oxidation sites excluding steroid dienone is 1. The SMILES string of the molecule is C=CC[C@@]1(C(=O)O)CCCN(Cc2cnc(CC3CCCC3)[nH]2)C1. The normalized spacial score (nSPS) is 25.8. The maximum absolute atomic E-state index is 11.8. The number of imidazole rings is 1. The maximum atomic E-state index is 11.8. The van der Waals surface area contributed by atoms with Crippen LogP contribution in [0.2, 0.25) is 0 Å². The van der Waals surface area contributed by atoms with Gasteiger partial charge in [-0.15, -0.1) is 6.58 Å². The summed E-state index contributed by atoms with van der Waals surface area (Å²) in [5, 5.41) is 9.67. The molecule has 1 aromatic heterocycles. The molecule has 1 aliphatic carbocycles. The third-order valence-electron chi connectivity index (χ3n) is 5.68. The van der Waals surface area contributed by atoms with Crippen molar-refractivity contribution in [3.8, 4) is 0 Å². The first-order chi connectivity index (χ1) is 11.6. The van der Waals surface area contributed by atoms with E-state index in [0.717, 1.165) is 49.8 Å². The van der Waals surface area contributed by atoms with Gasteiger partial charge in [0, 0.05) is 31.4 Å². The molecule has 5 nitrogen and oxygen atoms in total. The number of nitrogens with one attached hydrogen (secondary N) is 1. The zero-order valence-corrected chi connectivity index (χ0v) is 14.5. The molecule has 5 heteroatoms. The first-order valence-electron chi connectivity index (χ1n) is 9.21. The summed E-state index contributed by atoms with van der Waals surface area (Å²) in [4.78, 5) is 22.0. The number of piperidine rings is 1. The Balaban J connectivity index is 1.59. The summed E-state index contributed by atoms with van der Waals surface area (Å²) in [5.74, 6) is 1.18. The summed E-state index contributed by atoms with van der Waals surface area (Å²) in [6.45, 7) is 6.04. The molecule has 2 aliphatic rings. The van der Waals surface area contributed by atoms with Crippen LogP contribution in [0.25, 0.3) is 0 Å². The number of aromatic nitrogens is 2. The number of H-pyrrole nitrogens is 1. The molecule has 1 saturated carbocycles. The van der Waals surface area contributed by atoms with Gasteiger partial charge in [0.2, 0.25) is 0 Å². The quantitative estimate of drug-likeness (QED) is 0.752. The average molecular weight is 331 g/mol. The van der Waals surface area contributed by atoms with Crippen LogP contribution < -0.4 is 0 Å². The van der Waals surface area contributed by atoms with Crippen LogP contribution in [0.5, 0.6) is 0 Å². The van der Waals surface area contributed by atoms with E-state index in [1.165, 1.54) is 25.7 Å². The highest BCUT2D eigenvalue weighted by atomic mass is 16.4. The molecule has 0 radical (unpaired) electrons. The minimum atomic E-state index is -0.696. The molecule has 1 saturated heterocycles. The third kappa shape index (κ3) is 3.89. The van der Waals surface area contributed by atoms with Crippen LogP contribution in [0, 0.1) is 11.3 Å². The Hall–Kier alpha value is -1.62. The molecule has 0 unspecified atom stereocenters. The fourth-order valence-electron chi connectivity index (χ4n) is 4.39. The number of likely N-dealkylation sites (tertiary alicyclic amines) is 1. The van der Waals surface area contributed by atoms with Crippen molar-refractivity contribution in [3.63, 3.8) is 0 Å². The lowest BCUT2D eigenvalue weighted by molar-refractivity contribution is -0.152. The monoisotopic (exact) mass is 331 g/mol. The second-order valence-electron chi connectivity index (χ2n) is 7.60. The molecule has 1 atom stereocenters. The van der Waals surface area contributed by atoms with Gasteiger partial charge in [0.25, 0.3) is 0 Å². The molecule has 132 valence electrons. The van der Waals surface area contributed by atoms with Gasteiger partial charge in [-0.2, -0.15) is 0 Å². The fraction of sp³-hybridized carbons (Fsp3) is 0.684. The summed E-state index contributed by atoms with van der Waals surface area (Å²) in [7, 11) is 0. The van der Waals surface area contributed by atoms with Gasteiger partial charge >= 0.3 is 5.97 Å². The second-order valence-corrected chi connectivity index (χ2v) is 7.60. The molecule has 2 heterocycles. The Bertz CT molecular complexity index is 577. The number of carbonyl (C=O) groups is 1. The van der Waals surface area contributed by atoms with E-state index in [9.17, 15) is 9.90 Å². The molecule has 3 rings (SSSR count). The van der Waals surface area contributed by atoms with Crippen molar-refractivity contribution in [2.45, 2.75) is 57.9 Å². The highest BCUT2D eigenvalue weighted by Crippen LogP contribution is 2.35. The Morgan fingerprint density at radius 3 is 2.96 bits per heavy atom. The smallest absolute Gasteiger partial charge is 0.311 e. The number of hydrogen-bond donors (Lipinski definition) is 2. The molecule has 0 spiro atoms. The molecule has 1 aliphatic heterocycles. The topological polar surface area (TPSA) is 69.2 Å². The van der Waals surface area contributed by atoms with Crippen molar-refractivity contribution in [1.29, 1.82) is 0 Å². The van der Waals surface area contributed by atoms with Crippen molar-refractivity contribution >= 4 is 5.97 Å².